The van der Waals surface area contributed by atoms with Crippen LogP contribution in [0.25, 0.3) is 22.3 Å². The summed E-state index contributed by atoms with van der Waals surface area (Å²) in [4.78, 5) is 16.1. The number of aryl methyl sites for hydroxylation is 1. The molecule has 6 nitrogen and oxygen atoms in total. The van der Waals surface area contributed by atoms with Gasteiger partial charge in [-0.05, 0) is 30.7 Å². The first-order chi connectivity index (χ1) is 13.5. The lowest BCUT2D eigenvalue weighted by molar-refractivity contribution is 0.0601. The summed E-state index contributed by atoms with van der Waals surface area (Å²) in [7, 11) is 2.92. The lowest BCUT2D eigenvalue weighted by Gasteiger charge is -2.18. The number of carbonyl (C=O) groups excluding carboxylic acids is 1. The number of para-hydroxylation sites is 1. The lowest BCUT2D eigenvalue weighted by Crippen LogP contribution is -2.04. The van der Waals surface area contributed by atoms with Gasteiger partial charge in [0.25, 0.3) is 0 Å². The van der Waals surface area contributed by atoms with Gasteiger partial charge in [0.2, 0.25) is 0 Å². The van der Waals surface area contributed by atoms with Gasteiger partial charge in [-0.3, -0.25) is 0 Å². The molecule has 2 N–H and O–H groups in total. The summed E-state index contributed by atoms with van der Waals surface area (Å²) in [6, 6.07) is 16.5. The van der Waals surface area contributed by atoms with Crippen LogP contribution in [0.2, 0.25) is 0 Å². The van der Waals surface area contributed by atoms with Crippen LogP contribution in [0.15, 0.2) is 48.5 Å². The Hall–Kier alpha value is -3.85. The second-order valence-corrected chi connectivity index (χ2v) is 6.09. The molecule has 0 atom stereocenters. The number of hydrogen-bond donors (Lipinski definition) is 1. The first-order valence-corrected chi connectivity index (χ1v) is 8.54. The molecule has 0 fully saturated rings. The van der Waals surface area contributed by atoms with Gasteiger partial charge in [0, 0.05) is 22.4 Å². The smallest absolute Gasteiger partial charge is 0.337 e. The van der Waals surface area contributed by atoms with Crippen molar-refractivity contribution in [3.8, 4) is 34.1 Å². The van der Waals surface area contributed by atoms with Gasteiger partial charge in [0.1, 0.15) is 23.2 Å². The van der Waals surface area contributed by atoms with Gasteiger partial charge in [-0.25, -0.2) is 9.78 Å². The maximum absolute atomic E-state index is 11.7. The minimum absolute atomic E-state index is 0.158. The van der Waals surface area contributed by atoms with E-state index >= 15 is 0 Å². The first kappa shape index (κ1) is 18.9. The van der Waals surface area contributed by atoms with Gasteiger partial charge in [-0.1, -0.05) is 30.3 Å². The van der Waals surface area contributed by atoms with Gasteiger partial charge in [-0.2, -0.15) is 5.26 Å². The van der Waals surface area contributed by atoms with E-state index in [4.69, 9.17) is 15.2 Å². The second kappa shape index (κ2) is 7.80. The molecule has 0 unspecified atom stereocenters. The third-order valence-corrected chi connectivity index (χ3v) is 4.49. The summed E-state index contributed by atoms with van der Waals surface area (Å²) in [5.74, 6) is 0.390. The number of nitrogen functional groups attached to an aromatic ring is 1. The third-order valence-electron chi connectivity index (χ3n) is 4.49. The van der Waals surface area contributed by atoms with E-state index in [-0.39, 0.29) is 11.4 Å². The molecule has 1 heterocycles. The quantitative estimate of drug-likeness (QED) is 0.695. The topological polar surface area (TPSA) is 98.2 Å². The lowest BCUT2D eigenvalue weighted by atomic mass is 9.89. The van der Waals surface area contributed by atoms with Gasteiger partial charge >= 0.3 is 5.97 Å². The van der Waals surface area contributed by atoms with Gasteiger partial charge in [0.15, 0.2) is 0 Å². The van der Waals surface area contributed by atoms with E-state index < -0.39 is 5.97 Å². The van der Waals surface area contributed by atoms with Crippen LogP contribution in [0.4, 0.5) is 5.82 Å². The van der Waals surface area contributed by atoms with Crippen molar-refractivity contribution in [1.29, 1.82) is 5.26 Å². The number of nitrogens with two attached hydrogens (primary N) is 1. The molecule has 28 heavy (non-hydrogen) atoms. The maximum Gasteiger partial charge on any atom is 0.337 e. The molecule has 140 valence electrons. The molecule has 6 heteroatoms. The monoisotopic (exact) mass is 373 g/mol. The fraction of sp³-hybridized carbons (Fsp3) is 0.136. The van der Waals surface area contributed by atoms with E-state index in [0.717, 1.165) is 16.7 Å². The summed E-state index contributed by atoms with van der Waals surface area (Å²) in [5, 5.41) is 9.75. The van der Waals surface area contributed by atoms with Crippen molar-refractivity contribution in [2.24, 2.45) is 0 Å². The molecule has 2 aromatic carbocycles. The number of benzene rings is 2. The minimum atomic E-state index is -0.428. The number of rotatable bonds is 4. The summed E-state index contributed by atoms with van der Waals surface area (Å²) < 4.78 is 10.3. The van der Waals surface area contributed by atoms with Crippen molar-refractivity contribution in [1.82, 2.24) is 4.98 Å². The Bertz CT molecular complexity index is 1080. The van der Waals surface area contributed by atoms with Gasteiger partial charge in [0.05, 0.1) is 19.8 Å². The molecule has 0 aliphatic rings. The fourth-order valence-electron chi connectivity index (χ4n) is 3.20. The first-order valence-electron chi connectivity index (χ1n) is 8.54. The molecule has 3 rings (SSSR count). The van der Waals surface area contributed by atoms with Crippen LogP contribution in [0.3, 0.4) is 0 Å². The molecule has 0 aliphatic heterocycles. The van der Waals surface area contributed by atoms with Crippen LogP contribution in [-0.4, -0.2) is 25.2 Å². The number of esters is 1. The average molecular weight is 373 g/mol. The minimum Gasteiger partial charge on any atom is -0.496 e. The van der Waals surface area contributed by atoms with Crippen molar-refractivity contribution < 1.29 is 14.3 Å². The molecule has 1 aromatic heterocycles. The number of aromatic nitrogens is 1. The number of nitrogens with zero attached hydrogens (tertiary/aromatic N) is 2. The van der Waals surface area contributed by atoms with E-state index in [1.807, 2.05) is 31.2 Å². The summed E-state index contributed by atoms with van der Waals surface area (Å²) >= 11 is 0. The summed E-state index contributed by atoms with van der Waals surface area (Å²) in [6.07, 6.45) is 0. The van der Waals surface area contributed by atoms with Crippen LogP contribution in [0.5, 0.6) is 5.75 Å². The van der Waals surface area contributed by atoms with Crippen LogP contribution < -0.4 is 10.5 Å². The molecule has 3 aromatic rings. The normalized spacial score (nSPS) is 10.2. The Morgan fingerprint density at radius 3 is 2.36 bits per heavy atom. The molecule has 0 aliphatic carbocycles. The SMILES string of the molecule is COC(=O)c1ccc(-c2c(C#N)c(N)nc(C)c2-c2ccccc2OC)cc1. The maximum atomic E-state index is 11.7. The molecule has 0 saturated carbocycles. The van der Waals surface area contributed by atoms with E-state index in [2.05, 4.69) is 11.1 Å². The highest BCUT2D eigenvalue weighted by atomic mass is 16.5. The summed E-state index contributed by atoms with van der Waals surface area (Å²) in [6.45, 7) is 1.84. The highest BCUT2D eigenvalue weighted by molar-refractivity contribution is 5.94. The molecular weight excluding hydrogens is 354 g/mol. The van der Waals surface area contributed by atoms with Gasteiger partial charge in [-0.15, -0.1) is 0 Å². The van der Waals surface area contributed by atoms with Crippen molar-refractivity contribution in [2.75, 3.05) is 20.0 Å². The number of methoxy groups -OCH3 is 2. The second-order valence-electron chi connectivity index (χ2n) is 6.09. The summed E-state index contributed by atoms with van der Waals surface area (Å²) in [5.41, 5.74) is 10.4. The van der Waals surface area contributed by atoms with Crippen molar-refractivity contribution in [2.45, 2.75) is 6.92 Å². The molecule has 0 saturated heterocycles. The van der Waals surface area contributed by atoms with Crippen molar-refractivity contribution in [3.05, 3.63) is 65.4 Å². The van der Waals surface area contributed by atoms with Gasteiger partial charge < -0.3 is 15.2 Å². The number of pyridine rings is 1. The molecule has 0 radical (unpaired) electrons. The number of anilines is 1. The Balaban J connectivity index is 2.33. The number of hydrogen-bond acceptors (Lipinski definition) is 6. The zero-order valence-corrected chi connectivity index (χ0v) is 15.8. The number of ether oxygens (including phenoxy) is 2. The molecule has 0 bridgehead atoms. The zero-order chi connectivity index (χ0) is 20.3. The van der Waals surface area contributed by atoms with Crippen LogP contribution in [-0.2, 0) is 4.74 Å². The fourth-order valence-corrected chi connectivity index (χ4v) is 3.20. The largest absolute Gasteiger partial charge is 0.496 e. The van der Waals surface area contributed by atoms with E-state index in [1.165, 1.54) is 7.11 Å². The van der Waals surface area contributed by atoms with E-state index in [0.29, 0.717) is 22.6 Å². The van der Waals surface area contributed by atoms with E-state index in [1.54, 1.807) is 31.4 Å². The molecular formula is C22H19N3O3. The Labute approximate surface area is 163 Å². The number of nitriles is 1. The predicted octanol–water partition coefficient (Wildman–Crippen LogP) is 3.97. The Morgan fingerprint density at radius 2 is 1.75 bits per heavy atom. The zero-order valence-electron chi connectivity index (χ0n) is 15.8. The Morgan fingerprint density at radius 1 is 1.07 bits per heavy atom. The van der Waals surface area contributed by atoms with Crippen LogP contribution in [0, 0.1) is 18.3 Å². The van der Waals surface area contributed by atoms with Crippen LogP contribution >= 0.6 is 0 Å². The predicted molar refractivity (Wildman–Crippen MR) is 107 cm³/mol. The molecule has 0 amide bonds. The van der Waals surface area contributed by atoms with Crippen molar-refractivity contribution >= 4 is 11.8 Å². The molecule has 0 spiro atoms. The van der Waals surface area contributed by atoms with Crippen molar-refractivity contribution in [3.63, 3.8) is 0 Å². The Kier molecular flexibility index (Phi) is 5.28. The highest BCUT2D eigenvalue weighted by Gasteiger charge is 2.21. The standard InChI is InChI=1S/C22H19N3O3/c1-13-19(16-6-4-5-7-18(16)27-2)20(17(12-23)21(24)25-13)14-8-10-15(11-9-14)22(26)28-3/h4-11H,1-3H3,(H2,24,25). The van der Waals surface area contributed by atoms with Crippen LogP contribution in [0.1, 0.15) is 21.6 Å². The average Bonchev–Trinajstić information content (AvgIpc) is 2.73. The highest BCUT2D eigenvalue weighted by Crippen LogP contribution is 2.42. The number of carbonyl (C=O) groups is 1. The third kappa shape index (κ3) is 3.26. The van der Waals surface area contributed by atoms with E-state index in [9.17, 15) is 10.1 Å².